The first kappa shape index (κ1) is 22.1. The number of benzene rings is 1. The van der Waals surface area contributed by atoms with Crippen LogP contribution in [0, 0.1) is 0 Å². The number of carbonyl (C=O) groups is 1. The second-order valence-electron chi connectivity index (χ2n) is 6.60. The summed E-state index contributed by atoms with van der Waals surface area (Å²) in [7, 11) is -1.76. The van der Waals surface area contributed by atoms with E-state index in [0.29, 0.717) is 37.1 Å². The molecule has 1 aromatic heterocycles. The van der Waals surface area contributed by atoms with E-state index in [0.717, 1.165) is 10.4 Å². The minimum atomic E-state index is -3.50. The standard InChI is InChI=1S/C19H25N3O4S3/c1-21(14-15-3-5-16(27-2)6-4-15)19(23)20-13-17-7-8-18(28-17)29(24,25)22-9-11-26-12-10-22/h3-8H,9-14H2,1-2H3,(H,20,23). The number of hydrogen-bond acceptors (Lipinski definition) is 6. The van der Waals surface area contributed by atoms with Gasteiger partial charge in [0.05, 0.1) is 19.8 Å². The van der Waals surface area contributed by atoms with Crippen molar-refractivity contribution in [2.45, 2.75) is 22.2 Å². The van der Waals surface area contributed by atoms with Gasteiger partial charge in [0, 0.05) is 36.5 Å². The predicted octanol–water partition coefficient (Wildman–Crippen LogP) is 2.83. The molecule has 0 aliphatic carbocycles. The van der Waals surface area contributed by atoms with Crippen LogP contribution in [0.15, 0.2) is 45.5 Å². The van der Waals surface area contributed by atoms with Gasteiger partial charge in [-0.15, -0.1) is 23.1 Å². The topological polar surface area (TPSA) is 79.0 Å². The molecule has 0 saturated carbocycles. The number of thioether (sulfide) groups is 1. The second-order valence-corrected chi connectivity index (χ2v) is 10.8. The number of thiophene rings is 1. The Bertz CT molecular complexity index is 922. The molecule has 1 fully saturated rings. The predicted molar refractivity (Wildman–Crippen MR) is 116 cm³/mol. The summed E-state index contributed by atoms with van der Waals surface area (Å²) in [6.07, 6.45) is 2.02. The summed E-state index contributed by atoms with van der Waals surface area (Å²) in [5, 5.41) is 2.85. The van der Waals surface area contributed by atoms with Crippen molar-refractivity contribution in [2.24, 2.45) is 0 Å². The first-order chi connectivity index (χ1) is 13.9. The largest absolute Gasteiger partial charge is 0.379 e. The van der Waals surface area contributed by atoms with E-state index in [-0.39, 0.29) is 12.6 Å². The van der Waals surface area contributed by atoms with E-state index in [1.165, 1.54) is 20.5 Å². The van der Waals surface area contributed by atoms with Crippen molar-refractivity contribution in [3.63, 3.8) is 0 Å². The smallest absolute Gasteiger partial charge is 0.317 e. The van der Waals surface area contributed by atoms with Crippen LogP contribution in [0.5, 0.6) is 0 Å². The lowest BCUT2D eigenvalue weighted by atomic mass is 10.2. The van der Waals surface area contributed by atoms with Crippen molar-refractivity contribution < 1.29 is 17.9 Å². The Balaban J connectivity index is 1.53. The third kappa shape index (κ3) is 5.73. The van der Waals surface area contributed by atoms with Gasteiger partial charge in [-0.1, -0.05) is 12.1 Å². The molecule has 0 spiro atoms. The van der Waals surface area contributed by atoms with E-state index in [2.05, 4.69) is 5.32 Å². The molecular formula is C19H25N3O4S3. The van der Waals surface area contributed by atoms with Crippen LogP contribution in [-0.2, 0) is 27.8 Å². The van der Waals surface area contributed by atoms with Crippen LogP contribution in [0.4, 0.5) is 4.79 Å². The molecule has 0 atom stereocenters. The van der Waals surface area contributed by atoms with Crippen molar-refractivity contribution in [3.8, 4) is 0 Å². The highest BCUT2D eigenvalue weighted by Gasteiger charge is 2.27. The Morgan fingerprint density at radius 2 is 1.90 bits per heavy atom. The van der Waals surface area contributed by atoms with Gasteiger partial charge in [-0.25, -0.2) is 13.2 Å². The van der Waals surface area contributed by atoms with Crippen LogP contribution in [0.3, 0.4) is 0 Å². The number of ether oxygens (including phenoxy) is 1. The fourth-order valence-corrected chi connectivity index (χ4v) is 6.15. The summed E-state index contributed by atoms with van der Waals surface area (Å²) < 4.78 is 32.3. The van der Waals surface area contributed by atoms with Gasteiger partial charge in [0.2, 0.25) is 0 Å². The fraction of sp³-hybridized carbons (Fsp3) is 0.421. The van der Waals surface area contributed by atoms with E-state index in [4.69, 9.17) is 4.74 Å². The highest BCUT2D eigenvalue weighted by atomic mass is 32.2. The van der Waals surface area contributed by atoms with Gasteiger partial charge in [-0.2, -0.15) is 4.31 Å². The van der Waals surface area contributed by atoms with Gasteiger partial charge < -0.3 is 15.0 Å². The Hall–Kier alpha value is -1.59. The highest BCUT2D eigenvalue weighted by molar-refractivity contribution is 7.98. The minimum absolute atomic E-state index is 0.204. The van der Waals surface area contributed by atoms with E-state index >= 15 is 0 Å². The van der Waals surface area contributed by atoms with Gasteiger partial charge in [0.1, 0.15) is 4.21 Å². The third-order valence-corrected chi connectivity index (χ3v) is 8.74. The molecule has 1 saturated heterocycles. The van der Waals surface area contributed by atoms with E-state index in [1.54, 1.807) is 35.8 Å². The zero-order chi connectivity index (χ0) is 20.9. The summed E-state index contributed by atoms with van der Waals surface area (Å²) in [5.74, 6) is 0. The number of carbonyl (C=O) groups excluding carboxylic acids is 1. The number of nitrogens with one attached hydrogen (secondary N) is 1. The first-order valence-electron chi connectivity index (χ1n) is 9.18. The molecule has 1 N–H and O–H groups in total. The summed E-state index contributed by atoms with van der Waals surface area (Å²) in [6.45, 7) is 2.36. The van der Waals surface area contributed by atoms with Crippen molar-refractivity contribution in [1.29, 1.82) is 0 Å². The Morgan fingerprint density at radius 3 is 2.55 bits per heavy atom. The second kappa shape index (κ2) is 9.94. The summed E-state index contributed by atoms with van der Waals surface area (Å²) in [4.78, 5) is 16.0. The van der Waals surface area contributed by atoms with Crippen LogP contribution >= 0.6 is 23.1 Å². The van der Waals surface area contributed by atoms with E-state index in [9.17, 15) is 13.2 Å². The SMILES string of the molecule is CSc1ccc(CN(C)C(=O)NCc2ccc(S(=O)(=O)N3CCOCC3)s2)cc1. The van der Waals surface area contributed by atoms with Gasteiger partial charge in [-0.3, -0.25) is 0 Å². The van der Waals surface area contributed by atoms with Gasteiger partial charge in [0.25, 0.3) is 10.0 Å². The van der Waals surface area contributed by atoms with Crippen LogP contribution in [-0.4, -0.2) is 63.3 Å². The number of rotatable bonds is 7. The minimum Gasteiger partial charge on any atom is -0.379 e. The summed E-state index contributed by atoms with van der Waals surface area (Å²) in [5.41, 5.74) is 1.05. The maximum Gasteiger partial charge on any atom is 0.317 e. The number of urea groups is 1. The maximum absolute atomic E-state index is 12.7. The lowest BCUT2D eigenvalue weighted by Gasteiger charge is -2.25. The average Bonchev–Trinajstić information content (AvgIpc) is 3.23. The lowest BCUT2D eigenvalue weighted by Crippen LogP contribution is -2.40. The molecular weight excluding hydrogens is 430 g/mol. The molecule has 158 valence electrons. The highest BCUT2D eigenvalue weighted by Crippen LogP contribution is 2.25. The van der Waals surface area contributed by atoms with Crippen LogP contribution in [0.1, 0.15) is 10.4 Å². The zero-order valence-electron chi connectivity index (χ0n) is 16.5. The molecule has 1 aliphatic rings. The van der Waals surface area contributed by atoms with Crippen molar-refractivity contribution in [3.05, 3.63) is 46.8 Å². The molecule has 7 nitrogen and oxygen atoms in total. The molecule has 0 radical (unpaired) electrons. The third-order valence-electron chi connectivity index (χ3n) is 4.54. The zero-order valence-corrected chi connectivity index (χ0v) is 18.9. The van der Waals surface area contributed by atoms with Crippen molar-refractivity contribution >= 4 is 39.2 Å². The molecule has 2 amide bonds. The first-order valence-corrected chi connectivity index (χ1v) is 12.7. The fourth-order valence-electron chi connectivity index (χ4n) is 2.88. The Morgan fingerprint density at radius 1 is 1.21 bits per heavy atom. The summed E-state index contributed by atoms with van der Waals surface area (Å²) in [6, 6.07) is 11.2. The maximum atomic E-state index is 12.7. The Kier molecular flexibility index (Phi) is 7.58. The summed E-state index contributed by atoms with van der Waals surface area (Å²) >= 11 is 2.87. The molecule has 0 bridgehead atoms. The molecule has 1 aromatic carbocycles. The molecule has 10 heteroatoms. The van der Waals surface area contributed by atoms with Gasteiger partial charge >= 0.3 is 6.03 Å². The normalized spacial score (nSPS) is 15.2. The number of nitrogens with zero attached hydrogens (tertiary/aromatic N) is 2. The van der Waals surface area contributed by atoms with E-state index in [1.807, 2.05) is 30.5 Å². The number of sulfonamides is 1. The quantitative estimate of drug-likeness (QED) is 0.650. The lowest BCUT2D eigenvalue weighted by molar-refractivity contribution is 0.0731. The Labute approximate surface area is 180 Å². The molecule has 1 aliphatic heterocycles. The van der Waals surface area contributed by atoms with Gasteiger partial charge in [0.15, 0.2) is 0 Å². The molecule has 2 aromatic rings. The van der Waals surface area contributed by atoms with Crippen LogP contribution in [0.2, 0.25) is 0 Å². The van der Waals surface area contributed by atoms with Crippen molar-refractivity contribution in [1.82, 2.24) is 14.5 Å². The number of hydrogen-bond donors (Lipinski definition) is 1. The van der Waals surface area contributed by atoms with Crippen LogP contribution < -0.4 is 5.32 Å². The van der Waals surface area contributed by atoms with Crippen LogP contribution in [0.25, 0.3) is 0 Å². The number of amides is 2. The molecule has 29 heavy (non-hydrogen) atoms. The average molecular weight is 456 g/mol. The molecule has 3 rings (SSSR count). The van der Waals surface area contributed by atoms with Gasteiger partial charge in [-0.05, 0) is 36.1 Å². The number of morpholine rings is 1. The monoisotopic (exact) mass is 455 g/mol. The van der Waals surface area contributed by atoms with E-state index < -0.39 is 10.0 Å². The molecule has 2 heterocycles. The molecule has 0 unspecified atom stereocenters. The van der Waals surface area contributed by atoms with Crippen molar-refractivity contribution in [2.75, 3.05) is 39.6 Å².